The molecule has 8 heteroatoms. The SMILES string of the molecule is COc1c(-c2nc(C(=O)O)c(C)o2)cccc1[N+](=O)[O-]. The summed E-state index contributed by atoms with van der Waals surface area (Å²) < 4.78 is 10.3. The fourth-order valence-corrected chi connectivity index (χ4v) is 1.76. The Kier molecular flexibility index (Phi) is 3.38. The number of ether oxygens (including phenoxy) is 1. The van der Waals surface area contributed by atoms with Gasteiger partial charge >= 0.3 is 11.7 Å². The monoisotopic (exact) mass is 278 g/mol. The highest BCUT2D eigenvalue weighted by atomic mass is 16.6. The third-order valence-corrected chi connectivity index (χ3v) is 2.62. The molecule has 1 N–H and O–H groups in total. The molecule has 0 fully saturated rings. The number of carboxylic acid groups (broad SMARTS) is 1. The summed E-state index contributed by atoms with van der Waals surface area (Å²) in [6, 6.07) is 4.22. The molecular weight excluding hydrogens is 268 g/mol. The van der Waals surface area contributed by atoms with Crippen LogP contribution in [0.15, 0.2) is 22.6 Å². The molecule has 0 saturated heterocycles. The first kappa shape index (κ1) is 13.5. The molecule has 1 aromatic carbocycles. The molecule has 1 heterocycles. The Hall–Kier alpha value is -2.90. The molecule has 0 spiro atoms. The lowest BCUT2D eigenvalue weighted by atomic mass is 10.1. The number of hydrogen-bond donors (Lipinski definition) is 1. The average molecular weight is 278 g/mol. The number of aromatic carboxylic acids is 1. The second-order valence-electron chi connectivity index (χ2n) is 3.84. The quantitative estimate of drug-likeness (QED) is 0.673. The Labute approximate surface area is 112 Å². The molecule has 0 aliphatic heterocycles. The van der Waals surface area contributed by atoms with E-state index in [0.717, 1.165) is 0 Å². The van der Waals surface area contributed by atoms with Crippen molar-refractivity contribution >= 4 is 11.7 Å². The normalized spacial score (nSPS) is 10.3. The van der Waals surface area contributed by atoms with Crippen molar-refractivity contribution in [2.45, 2.75) is 6.92 Å². The van der Waals surface area contributed by atoms with Gasteiger partial charge in [-0.15, -0.1) is 0 Å². The van der Waals surface area contributed by atoms with E-state index in [-0.39, 0.29) is 34.3 Å². The summed E-state index contributed by atoms with van der Waals surface area (Å²) in [5.41, 5.74) is -0.274. The van der Waals surface area contributed by atoms with Crippen LogP contribution in [0.1, 0.15) is 16.2 Å². The first-order valence-corrected chi connectivity index (χ1v) is 5.48. The molecule has 0 aliphatic carbocycles. The first-order valence-electron chi connectivity index (χ1n) is 5.48. The number of aromatic nitrogens is 1. The predicted octanol–water partition coefficient (Wildman–Crippen LogP) is 2.27. The lowest BCUT2D eigenvalue weighted by molar-refractivity contribution is -0.385. The molecule has 2 aromatic rings. The number of carbonyl (C=O) groups is 1. The maximum absolute atomic E-state index is 10.9. The minimum Gasteiger partial charge on any atom is -0.490 e. The topological polar surface area (TPSA) is 116 Å². The van der Waals surface area contributed by atoms with E-state index in [2.05, 4.69) is 4.98 Å². The van der Waals surface area contributed by atoms with Gasteiger partial charge in [0.1, 0.15) is 5.76 Å². The molecule has 8 nitrogen and oxygen atoms in total. The number of aryl methyl sites for hydroxylation is 1. The third kappa shape index (κ3) is 2.18. The second-order valence-corrected chi connectivity index (χ2v) is 3.84. The Morgan fingerprint density at radius 2 is 2.20 bits per heavy atom. The Balaban J connectivity index is 2.64. The van der Waals surface area contributed by atoms with Crippen LogP contribution < -0.4 is 4.74 Å². The summed E-state index contributed by atoms with van der Waals surface area (Å²) in [4.78, 5) is 25.1. The van der Waals surface area contributed by atoms with Gasteiger partial charge in [-0.2, -0.15) is 0 Å². The largest absolute Gasteiger partial charge is 0.490 e. The molecule has 0 bridgehead atoms. The number of methoxy groups -OCH3 is 1. The first-order chi connectivity index (χ1) is 9.45. The van der Waals surface area contributed by atoms with Gasteiger partial charge < -0.3 is 14.3 Å². The van der Waals surface area contributed by atoms with Gasteiger partial charge in [-0.1, -0.05) is 6.07 Å². The van der Waals surface area contributed by atoms with Gasteiger partial charge in [0, 0.05) is 6.07 Å². The van der Waals surface area contributed by atoms with Crippen molar-refractivity contribution in [2.24, 2.45) is 0 Å². The van der Waals surface area contributed by atoms with E-state index in [9.17, 15) is 14.9 Å². The van der Waals surface area contributed by atoms with Gasteiger partial charge in [0.05, 0.1) is 17.6 Å². The molecule has 0 radical (unpaired) electrons. The van der Waals surface area contributed by atoms with E-state index in [0.29, 0.717) is 0 Å². The summed E-state index contributed by atoms with van der Waals surface area (Å²) in [6.45, 7) is 1.45. The third-order valence-electron chi connectivity index (χ3n) is 2.62. The van der Waals surface area contributed by atoms with Crippen LogP contribution in [0.3, 0.4) is 0 Å². The molecule has 0 saturated carbocycles. The summed E-state index contributed by atoms with van der Waals surface area (Å²) in [6.07, 6.45) is 0. The lowest BCUT2D eigenvalue weighted by Crippen LogP contribution is -1.99. The Morgan fingerprint density at radius 3 is 2.70 bits per heavy atom. The van der Waals surface area contributed by atoms with Crippen LogP contribution in [-0.2, 0) is 0 Å². The molecule has 0 unspecified atom stereocenters. The number of nitrogens with zero attached hydrogens (tertiary/aromatic N) is 2. The smallest absolute Gasteiger partial charge is 0.358 e. The zero-order valence-corrected chi connectivity index (χ0v) is 10.6. The molecular formula is C12H10N2O6. The van der Waals surface area contributed by atoms with E-state index < -0.39 is 10.9 Å². The molecule has 1 aromatic heterocycles. The van der Waals surface area contributed by atoms with Crippen molar-refractivity contribution < 1.29 is 24.0 Å². The number of benzene rings is 1. The van der Waals surface area contributed by atoms with Crippen LogP contribution >= 0.6 is 0 Å². The highest BCUT2D eigenvalue weighted by Gasteiger charge is 2.24. The Morgan fingerprint density at radius 1 is 1.50 bits per heavy atom. The number of rotatable bonds is 4. The highest BCUT2D eigenvalue weighted by molar-refractivity contribution is 5.87. The van der Waals surface area contributed by atoms with Gasteiger partial charge in [0.25, 0.3) is 0 Å². The fraction of sp³-hybridized carbons (Fsp3) is 0.167. The molecule has 0 amide bonds. The van der Waals surface area contributed by atoms with Crippen molar-refractivity contribution in [3.63, 3.8) is 0 Å². The van der Waals surface area contributed by atoms with Crippen LogP contribution in [0, 0.1) is 17.0 Å². The maximum atomic E-state index is 10.9. The predicted molar refractivity (Wildman–Crippen MR) is 66.8 cm³/mol. The lowest BCUT2D eigenvalue weighted by Gasteiger charge is -2.05. The maximum Gasteiger partial charge on any atom is 0.358 e. The van der Waals surface area contributed by atoms with Crippen LogP contribution in [-0.4, -0.2) is 28.1 Å². The number of para-hydroxylation sites is 1. The summed E-state index contributed by atoms with van der Waals surface area (Å²) in [5.74, 6) is -1.20. The number of nitro benzene ring substituents is 1. The average Bonchev–Trinajstić information content (AvgIpc) is 2.79. The number of oxazole rings is 1. The van der Waals surface area contributed by atoms with E-state index in [4.69, 9.17) is 14.3 Å². The van der Waals surface area contributed by atoms with Crippen LogP contribution in [0.2, 0.25) is 0 Å². The van der Waals surface area contributed by atoms with Gasteiger partial charge in [-0.05, 0) is 13.0 Å². The number of carboxylic acids is 1. The van der Waals surface area contributed by atoms with Crippen molar-refractivity contribution in [2.75, 3.05) is 7.11 Å². The molecule has 2 rings (SSSR count). The summed E-state index contributed by atoms with van der Waals surface area (Å²) in [7, 11) is 1.28. The van der Waals surface area contributed by atoms with Crippen molar-refractivity contribution in [3.8, 4) is 17.2 Å². The van der Waals surface area contributed by atoms with Gasteiger partial charge in [-0.3, -0.25) is 10.1 Å². The van der Waals surface area contributed by atoms with E-state index in [1.165, 1.54) is 32.2 Å². The summed E-state index contributed by atoms with van der Waals surface area (Å²) >= 11 is 0. The van der Waals surface area contributed by atoms with Crippen molar-refractivity contribution in [3.05, 3.63) is 39.8 Å². The van der Waals surface area contributed by atoms with E-state index in [1.807, 2.05) is 0 Å². The molecule has 104 valence electrons. The van der Waals surface area contributed by atoms with Gasteiger partial charge in [-0.25, -0.2) is 9.78 Å². The molecule has 0 aliphatic rings. The van der Waals surface area contributed by atoms with Gasteiger partial charge in [0.15, 0.2) is 5.69 Å². The zero-order valence-electron chi connectivity index (χ0n) is 10.6. The summed E-state index contributed by atoms with van der Waals surface area (Å²) in [5, 5.41) is 19.9. The van der Waals surface area contributed by atoms with Crippen molar-refractivity contribution in [1.29, 1.82) is 0 Å². The minimum atomic E-state index is -1.23. The fourth-order valence-electron chi connectivity index (χ4n) is 1.76. The minimum absolute atomic E-state index is 0.0318. The number of nitro groups is 1. The number of hydrogen-bond acceptors (Lipinski definition) is 6. The Bertz CT molecular complexity index is 691. The van der Waals surface area contributed by atoms with Crippen LogP contribution in [0.5, 0.6) is 5.75 Å². The van der Waals surface area contributed by atoms with Gasteiger partial charge in [0.2, 0.25) is 11.6 Å². The van der Waals surface area contributed by atoms with Crippen LogP contribution in [0.25, 0.3) is 11.5 Å². The van der Waals surface area contributed by atoms with E-state index in [1.54, 1.807) is 0 Å². The van der Waals surface area contributed by atoms with Crippen LogP contribution in [0.4, 0.5) is 5.69 Å². The molecule has 20 heavy (non-hydrogen) atoms. The highest BCUT2D eigenvalue weighted by Crippen LogP contribution is 2.37. The zero-order chi connectivity index (χ0) is 14.9. The van der Waals surface area contributed by atoms with E-state index >= 15 is 0 Å². The standard InChI is InChI=1S/C12H10N2O6/c1-6-9(12(15)16)13-11(20-6)7-4-3-5-8(14(17)18)10(7)19-2/h3-5H,1-2H3,(H,15,16). The van der Waals surface area contributed by atoms with Crippen molar-refractivity contribution in [1.82, 2.24) is 4.98 Å². The second kappa shape index (κ2) is 5.00. The molecule has 0 atom stereocenters.